The molecule has 4 atom stereocenters. The number of hydrogen-bond acceptors (Lipinski definition) is 9. The van der Waals surface area contributed by atoms with Crippen LogP contribution in [-0.2, 0) is 18.9 Å². The fraction of sp³-hybridized carbons (Fsp3) is 0.684. The Morgan fingerprint density at radius 2 is 1.63 bits per heavy atom. The van der Waals surface area contributed by atoms with E-state index in [4.69, 9.17) is 40.0 Å². The molecular formula is C19H26ClNO9. The van der Waals surface area contributed by atoms with Crippen molar-refractivity contribution in [2.45, 2.75) is 63.7 Å². The van der Waals surface area contributed by atoms with Crippen LogP contribution >= 0.6 is 11.6 Å². The second-order valence-electron chi connectivity index (χ2n) is 7.98. The van der Waals surface area contributed by atoms with Crippen molar-refractivity contribution in [1.82, 2.24) is 0 Å². The lowest BCUT2D eigenvalue weighted by molar-refractivity contribution is -0.385. The van der Waals surface area contributed by atoms with Gasteiger partial charge in [0.05, 0.1) is 23.7 Å². The molecule has 1 N–H and O–H groups in total. The minimum absolute atomic E-state index is 0.0211. The maximum atomic E-state index is 11.1. The summed E-state index contributed by atoms with van der Waals surface area (Å²) < 4.78 is 34.5. The number of aliphatic hydroxyl groups is 1. The van der Waals surface area contributed by atoms with E-state index in [1.807, 2.05) is 0 Å². The summed E-state index contributed by atoms with van der Waals surface area (Å²) in [5.74, 6) is -1.57. The van der Waals surface area contributed by atoms with E-state index in [9.17, 15) is 15.2 Å². The van der Waals surface area contributed by atoms with E-state index in [1.54, 1.807) is 27.7 Å². The Morgan fingerprint density at radius 1 is 1.07 bits per heavy atom. The molecule has 0 unspecified atom stereocenters. The Bertz CT molecular complexity index is 800. The van der Waals surface area contributed by atoms with Crippen molar-refractivity contribution in [3.63, 3.8) is 0 Å². The number of methoxy groups -OCH3 is 1. The quantitative estimate of drug-likeness (QED) is 0.496. The van der Waals surface area contributed by atoms with Crippen LogP contribution in [0, 0.1) is 10.1 Å². The second-order valence-corrected chi connectivity index (χ2v) is 8.39. The molecule has 2 fully saturated rings. The van der Waals surface area contributed by atoms with Gasteiger partial charge in [-0.1, -0.05) is 11.6 Å². The largest absolute Gasteiger partial charge is 0.490 e. The SMILES string of the molecule is COc1cc(OC[C@H]2OC(C)(C)O[C@@H]2[C@H]2OC(C)(C)O[C@@H]2CO)c(Cl)cc1[N+](=O)[O-]. The van der Waals surface area contributed by atoms with Crippen molar-refractivity contribution in [1.29, 1.82) is 0 Å². The average molecular weight is 448 g/mol. The van der Waals surface area contributed by atoms with Crippen LogP contribution in [0.5, 0.6) is 11.5 Å². The molecule has 2 saturated heterocycles. The van der Waals surface area contributed by atoms with Crippen LogP contribution in [0.2, 0.25) is 5.02 Å². The summed E-state index contributed by atoms with van der Waals surface area (Å²) in [7, 11) is 1.32. The first-order chi connectivity index (χ1) is 14.0. The van der Waals surface area contributed by atoms with Crippen molar-refractivity contribution < 1.29 is 38.5 Å². The van der Waals surface area contributed by atoms with Crippen LogP contribution in [-0.4, -0.2) is 66.3 Å². The molecule has 0 aromatic heterocycles. The zero-order valence-electron chi connectivity index (χ0n) is 17.4. The highest BCUT2D eigenvalue weighted by Crippen LogP contribution is 2.40. The number of aliphatic hydroxyl groups excluding tert-OH is 1. The fourth-order valence-electron chi connectivity index (χ4n) is 3.67. The van der Waals surface area contributed by atoms with Crippen LogP contribution in [0.1, 0.15) is 27.7 Å². The minimum Gasteiger partial charge on any atom is -0.490 e. The van der Waals surface area contributed by atoms with Crippen LogP contribution in [0.25, 0.3) is 0 Å². The normalized spacial score (nSPS) is 29.7. The number of ether oxygens (including phenoxy) is 6. The van der Waals surface area contributed by atoms with E-state index in [0.29, 0.717) is 0 Å². The molecule has 2 heterocycles. The maximum absolute atomic E-state index is 11.1. The molecule has 1 aromatic carbocycles. The smallest absolute Gasteiger partial charge is 0.312 e. The number of benzene rings is 1. The molecule has 0 bridgehead atoms. The van der Waals surface area contributed by atoms with E-state index in [2.05, 4.69) is 0 Å². The lowest BCUT2D eigenvalue weighted by Crippen LogP contribution is -2.45. The van der Waals surface area contributed by atoms with E-state index in [1.165, 1.54) is 19.2 Å². The Balaban J connectivity index is 1.79. The topological polar surface area (TPSA) is 119 Å². The third-order valence-electron chi connectivity index (χ3n) is 4.78. The number of nitro benzene ring substituents is 1. The summed E-state index contributed by atoms with van der Waals surface area (Å²) in [6, 6.07) is 2.52. The molecule has 0 radical (unpaired) electrons. The van der Waals surface area contributed by atoms with Crippen molar-refractivity contribution in [2.24, 2.45) is 0 Å². The van der Waals surface area contributed by atoms with E-state index < -0.39 is 40.9 Å². The zero-order valence-corrected chi connectivity index (χ0v) is 18.2. The average Bonchev–Trinajstić information content (AvgIpc) is 3.14. The van der Waals surface area contributed by atoms with Gasteiger partial charge in [-0.25, -0.2) is 0 Å². The summed E-state index contributed by atoms with van der Waals surface area (Å²) in [5.41, 5.74) is -0.265. The molecule has 2 aliphatic heterocycles. The summed E-state index contributed by atoms with van der Waals surface area (Å²) in [5, 5.41) is 20.9. The van der Waals surface area contributed by atoms with Gasteiger partial charge < -0.3 is 33.5 Å². The highest BCUT2D eigenvalue weighted by Gasteiger charge is 2.53. The first-order valence-electron chi connectivity index (χ1n) is 9.43. The van der Waals surface area contributed by atoms with Gasteiger partial charge in [-0.15, -0.1) is 0 Å². The molecular weight excluding hydrogens is 422 g/mol. The van der Waals surface area contributed by atoms with Gasteiger partial charge in [0.25, 0.3) is 0 Å². The molecule has 11 heteroatoms. The maximum Gasteiger partial charge on any atom is 0.312 e. The van der Waals surface area contributed by atoms with Crippen molar-refractivity contribution in [3.8, 4) is 11.5 Å². The highest BCUT2D eigenvalue weighted by molar-refractivity contribution is 6.32. The Labute approximate surface area is 179 Å². The predicted octanol–water partition coefficient (Wildman–Crippen LogP) is 2.67. The summed E-state index contributed by atoms with van der Waals surface area (Å²) in [6.07, 6.45) is -2.33. The first-order valence-corrected chi connectivity index (χ1v) is 9.81. The third kappa shape index (κ3) is 4.79. The first kappa shape index (κ1) is 23.0. The Hall–Kier alpha value is -1.69. The molecule has 0 aliphatic carbocycles. The zero-order chi connectivity index (χ0) is 22.3. The molecule has 3 rings (SSSR count). The van der Waals surface area contributed by atoms with Crippen LogP contribution in [0.3, 0.4) is 0 Å². The number of rotatable bonds is 7. The Kier molecular flexibility index (Phi) is 6.47. The molecule has 0 amide bonds. The van der Waals surface area contributed by atoms with Gasteiger partial charge in [-0.3, -0.25) is 10.1 Å². The van der Waals surface area contributed by atoms with Crippen LogP contribution < -0.4 is 9.47 Å². The van der Waals surface area contributed by atoms with Crippen molar-refractivity contribution in [3.05, 3.63) is 27.3 Å². The third-order valence-corrected chi connectivity index (χ3v) is 5.08. The van der Waals surface area contributed by atoms with Crippen LogP contribution in [0.4, 0.5) is 5.69 Å². The minimum atomic E-state index is -0.911. The summed E-state index contributed by atoms with van der Waals surface area (Å²) >= 11 is 6.16. The molecule has 30 heavy (non-hydrogen) atoms. The number of hydrogen-bond donors (Lipinski definition) is 1. The van der Waals surface area contributed by atoms with Gasteiger partial charge in [0.2, 0.25) is 5.75 Å². The van der Waals surface area contributed by atoms with E-state index in [-0.39, 0.29) is 35.4 Å². The molecule has 2 aliphatic rings. The number of nitro groups is 1. The lowest BCUT2D eigenvalue weighted by atomic mass is 10.0. The van der Waals surface area contributed by atoms with Gasteiger partial charge in [0, 0.05) is 12.1 Å². The standard InChI is InChI=1S/C19H26ClNO9/c1-18(2)27-14(8-22)16(29-18)17-15(28-19(3,4)30-17)9-26-12-7-13(25-5)11(21(23)24)6-10(12)20/h6-7,14-17,22H,8-9H2,1-5H3/t14-,15-,16+,17+/m1/s1. The van der Waals surface area contributed by atoms with Gasteiger partial charge in [-0.05, 0) is 27.7 Å². The number of halogens is 1. The summed E-state index contributed by atoms with van der Waals surface area (Å²) in [6.45, 7) is 6.81. The van der Waals surface area contributed by atoms with Gasteiger partial charge >= 0.3 is 5.69 Å². The molecule has 168 valence electrons. The highest BCUT2D eigenvalue weighted by atomic mass is 35.5. The molecule has 0 saturated carbocycles. The van der Waals surface area contributed by atoms with E-state index >= 15 is 0 Å². The second kappa shape index (κ2) is 8.45. The van der Waals surface area contributed by atoms with Crippen molar-refractivity contribution >= 4 is 17.3 Å². The van der Waals surface area contributed by atoms with Gasteiger partial charge in [0.1, 0.15) is 36.8 Å². The van der Waals surface area contributed by atoms with Gasteiger partial charge in [-0.2, -0.15) is 0 Å². The molecule has 10 nitrogen and oxygen atoms in total. The number of nitrogens with zero attached hydrogens (tertiary/aromatic N) is 1. The summed E-state index contributed by atoms with van der Waals surface area (Å²) in [4.78, 5) is 10.5. The lowest BCUT2D eigenvalue weighted by Gasteiger charge is -2.25. The molecule has 1 aromatic rings. The predicted molar refractivity (Wildman–Crippen MR) is 105 cm³/mol. The monoisotopic (exact) mass is 447 g/mol. The van der Waals surface area contributed by atoms with E-state index in [0.717, 1.165) is 0 Å². The van der Waals surface area contributed by atoms with Crippen LogP contribution in [0.15, 0.2) is 12.1 Å². The fourth-order valence-corrected chi connectivity index (χ4v) is 3.88. The van der Waals surface area contributed by atoms with Gasteiger partial charge in [0.15, 0.2) is 11.6 Å². The molecule has 0 spiro atoms. The van der Waals surface area contributed by atoms with Crippen molar-refractivity contribution in [2.75, 3.05) is 20.3 Å². The Morgan fingerprint density at radius 3 is 2.17 bits per heavy atom.